The molecule has 0 N–H and O–H groups in total. The molecule has 0 saturated carbocycles. The first-order valence-electron chi connectivity index (χ1n) is 11.3. The van der Waals surface area contributed by atoms with E-state index in [9.17, 15) is 14.0 Å². The number of ether oxygens (including phenoxy) is 1. The first kappa shape index (κ1) is 24.2. The van der Waals surface area contributed by atoms with Crippen LogP contribution in [0.15, 0.2) is 35.7 Å². The Morgan fingerprint density at radius 1 is 1.25 bits per heavy atom. The summed E-state index contributed by atoms with van der Waals surface area (Å²) in [7, 11) is 0. The Morgan fingerprint density at radius 3 is 2.69 bits per heavy atom. The molecule has 2 heterocycles. The number of carbonyl (C=O) groups is 2. The minimum atomic E-state index is -0.422. The standard InChI is InChI=1S/C25H33FN2O3S/c1-5-18(4)14-27(25(30)17(2)3)15-24(29)28-12-10-23-19(11-13-32-23)21(28)16-31-22-9-7-6-8-20(22)26/h6-9,11,13,17-18,21H,5,10,12,14-16H2,1-4H3/t18-,21-/m0/s1. The van der Waals surface area contributed by atoms with Crippen LogP contribution in [0, 0.1) is 17.7 Å². The number of fused-ring (bicyclic) bond motifs is 1. The molecule has 2 atom stereocenters. The number of benzene rings is 1. The van der Waals surface area contributed by atoms with Gasteiger partial charge in [-0.3, -0.25) is 9.59 Å². The molecule has 2 aromatic rings. The van der Waals surface area contributed by atoms with Gasteiger partial charge in [0.25, 0.3) is 0 Å². The fourth-order valence-corrected chi connectivity index (χ4v) is 4.89. The topological polar surface area (TPSA) is 49.9 Å². The number of halogens is 1. The molecule has 174 valence electrons. The Morgan fingerprint density at radius 2 is 2.00 bits per heavy atom. The molecule has 0 unspecified atom stereocenters. The van der Waals surface area contributed by atoms with E-state index in [0.717, 1.165) is 18.4 Å². The lowest BCUT2D eigenvalue weighted by molar-refractivity contribution is -0.144. The Bertz CT molecular complexity index is 929. The van der Waals surface area contributed by atoms with Crippen LogP contribution < -0.4 is 4.74 Å². The van der Waals surface area contributed by atoms with Gasteiger partial charge in [0.05, 0.1) is 12.6 Å². The van der Waals surface area contributed by atoms with E-state index in [1.807, 2.05) is 25.3 Å². The average Bonchev–Trinajstić information content (AvgIpc) is 3.26. The van der Waals surface area contributed by atoms with Crippen LogP contribution in [0.25, 0.3) is 0 Å². The maximum atomic E-state index is 14.1. The molecule has 1 aromatic carbocycles. The Balaban J connectivity index is 1.79. The van der Waals surface area contributed by atoms with E-state index >= 15 is 0 Å². The molecule has 0 bridgehead atoms. The largest absolute Gasteiger partial charge is 0.488 e. The van der Waals surface area contributed by atoms with Gasteiger partial charge in [0.2, 0.25) is 11.8 Å². The van der Waals surface area contributed by atoms with Crippen molar-refractivity contribution in [2.45, 2.75) is 46.6 Å². The van der Waals surface area contributed by atoms with Crippen molar-refractivity contribution < 1.29 is 18.7 Å². The van der Waals surface area contributed by atoms with Crippen molar-refractivity contribution in [3.05, 3.63) is 52.0 Å². The minimum Gasteiger partial charge on any atom is -0.488 e. The predicted octanol–water partition coefficient (Wildman–Crippen LogP) is 4.92. The zero-order valence-corrected chi connectivity index (χ0v) is 20.2. The second kappa shape index (κ2) is 10.9. The minimum absolute atomic E-state index is 0.00830. The number of rotatable bonds is 9. The zero-order chi connectivity index (χ0) is 23.3. The molecule has 0 radical (unpaired) electrons. The van der Waals surface area contributed by atoms with Crippen LogP contribution in [-0.4, -0.2) is 47.9 Å². The molecular weight excluding hydrogens is 427 g/mol. The lowest BCUT2D eigenvalue weighted by atomic mass is 10.00. The Kier molecular flexibility index (Phi) is 8.29. The van der Waals surface area contributed by atoms with Crippen molar-refractivity contribution in [1.82, 2.24) is 9.80 Å². The summed E-state index contributed by atoms with van der Waals surface area (Å²) in [6.45, 7) is 9.24. The monoisotopic (exact) mass is 460 g/mol. The molecule has 2 amide bonds. The number of hydrogen-bond acceptors (Lipinski definition) is 4. The summed E-state index contributed by atoms with van der Waals surface area (Å²) < 4.78 is 19.9. The highest BCUT2D eigenvalue weighted by Gasteiger charge is 2.34. The van der Waals surface area contributed by atoms with Crippen molar-refractivity contribution >= 4 is 23.2 Å². The number of hydrogen-bond donors (Lipinski definition) is 0. The zero-order valence-electron chi connectivity index (χ0n) is 19.3. The van der Waals surface area contributed by atoms with Gasteiger partial charge in [-0.25, -0.2) is 4.39 Å². The average molecular weight is 461 g/mol. The highest BCUT2D eigenvalue weighted by Crippen LogP contribution is 2.34. The van der Waals surface area contributed by atoms with Crippen LogP contribution in [0.2, 0.25) is 0 Å². The summed E-state index contributed by atoms with van der Waals surface area (Å²) in [6, 6.07) is 8.01. The number of nitrogens with zero attached hydrogens (tertiary/aromatic N) is 2. The summed E-state index contributed by atoms with van der Waals surface area (Å²) in [5.41, 5.74) is 1.05. The van der Waals surface area contributed by atoms with Crippen LogP contribution in [0.5, 0.6) is 5.75 Å². The lowest BCUT2D eigenvalue weighted by Crippen LogP contribution is -2.49. The van der Waals surface area contributed by atoms with Gasteiger partial charge in [-0.1, -0.05) is 46.2 Å². The number of carbonyl (C=O) groups excluding carboxylic acids is 2. The fourth-order valence-electron chi connectivity index (χ4n) is 3.96. The highest BCUT2D eigenvalue weighted by molar-refractivity contribution is 7.10. The van der Waals surface area contributed by atoms with Gasteiger partial charge in [-0.05, 0) is 41.5 Å². The maximum absolute atomic E-state index is 14.1. The molecule has 32 heavy (non-hydrogen) atoms. The third kappa shape index (κ3) is 5.68. The predicted molar refractivity (Wildman–Crippen MR) is 125 cm³/mol. The lowest BCUT2D eigenvalue weighted by Gasteiger charge is -2.37. The van der Waals surface area contributed by atoms with E-state index in [2.05, 4.69) is 13.8 Å². The second-order valence-electron chi connectivity index (χ2n) is 8.78. The molecule has 3 rings (SSSR count). The van der Waals surface area contributed by atoms with Gasteiger partial charge < -0.3 is 14.5 Å². The quantitative estimate of drug-likeness (QED) is 0.534. The summed E-state index contributed by atoms with van der Waals surface area (Å²) in [6.07, 6.45) is 1.72. The van der Waals surface area contributed by atoms with Crippen molar-refractivity contribution in [1.29, 1.82) is 0 Å². The van der Waals surface area contributed by atoms with Crippen LogP contribution in [-0.2, 0) is 16.0 Å². The van der Waals surface area contributed by atoms with Gasteiger partial charge in [0, 0.05) is 23.9 Å². The van der Waals surface area contributed by atoms with Gasteiger partial charge in [-0.2, -0.15) is 0 Å². The summed E-state index contributed by atoms with van der Waals surface area (Å²) in [4.78, 5) is 30.9. The van der Waals surface area contributed by atoms with Crippen molar-refractivity contribution in [2.24, 2.45) is 11.8 Å². The van der Waals surface area contributed by atoms with Gasteiger partial charge in [0.1, 0.15) is 6.61 Å². The maximum Gasteiger partial charge on any atom is 0.242 e. The molecule has 5 nitrogen and oxygen atoms in total. The molecule has 1 aliphatic heterocycles. The van der Waals surface area contributed by atoms with Crippen LogP contribution in [0.1, 0.15) is 50.6 Å². The highest BCUT2D eigenvalue weighted by atomic mass is 32.1. The molecule has 7 heteroatoms. The van der Waals surface area contributed by atoms with E-state index in [4.69, 9.17) is 4.74 Å². The van der Waals surface area contributed by atoms with E-state index in [-0.39, 0.29) is 42.7 Å². The number of thiophene rings is 1. The van der Waals surface area contributed by atoms with Crippen LogP contribution in [0.3, 0.4) is 0 Å². The first-order valence-corrected chi connectivity index (χ1v) is 12.2. The molecule has 1 aromatic heterocycles. The Labute approximate surface area is 194 Å². The van der Waals surface area contributed by atoms with Crippen molar-refractivity contribution in [3.63, 3.8) is 0 Å². The van der Waals surface area contributed by atoms with E-state index in [0.29, 0.717) is 19.0 Å². The Hall–Kier alpha value is -2.41. The summed E-state index contributed by atoms with van der Waals surface area (Å²) in [5, 5.41) is 2.02. The third-order valence-corrected chi connectivity index (χ3v) is 7.01. The van der Waals surface area contributed by atoms with E-state index in [1.54, 1.807) is 39.3 Å². The van der Waals surface area contributed by atoms with Gasteiger partial charge in [-0.15, -0.1) is 11.3 Å². The van der Waals surface area contributed by atoms with Crippen molar-refractivity contribution in [2.75, 3.05) is 26.2 Å². The SMILES string of the molecule is CC[C@H](C)CN(CC(=O)N1CCc2sccc2[C@@H]1COc1ccccc1F)C(=O)C(C)C. The van der Waals surface area contributed by atoms with E-state index in [1.165, 1.54) is 10.9 Å². The van der Waals surface area contributed by atoms with Gasteiger partial charge >= 0.3 is 0 Å². The molecule has 1 aliphatic rings. The molecule has 0 saturated heterocycles. The fraction of sp³-hybridized carbons (Fsp3) is 0.520. The smallest absolute Gasteiger partial charge is 0.242 e. The molecule has 0 aliphatic carbocycles. The normalized spacial score (nSPS) is 16.6. The third-order valence-electron chi connectivity index (χ3n) is 6.01. The summed E-state index contributed by atoms with van der Waals surface area (Å²) in [5.74, 6) is -0.204. The van der Waals surface area contributed by atoms with E-state index < -0.39 is 5.82 Å². The van der Waals surface area contributed by atoms with Crippen molar-refractivity contribution in [3.8, 4) is 5.75 Å². The molecular formula is C25H33FN2O3S. The van der Waals surface area contributed by atoms with Crippen LogP contribution >= 0.6 is 11.3 Å². The first-order chi connectivity index (χ1) is 15.3. The van der Waals surface area contributed by atoms with Crippen LogP contribution in [0.4, 0.5) is 4.39 Å². The molecule has 0 spiro atoms. The number of para-hydroxylation sites is 1. The second-order valence-corrected chi connectivity index (χ2v) is 9.78. The molecule has 0 fully saturated rings. The summed E-state index contributed by atoms with van der Waals surface area (Å²) >= 11 is 1.67. The van der Waals surface area contributed by atoms with Gasteiger partial charge in [0.15, 0.2) is 11.6 Å². The number of amides is 2.